The van der Waals surface area contributed by atoms with Crippen LogP contribution in [0.3, 0.4) is 0 Å². The molecule has 2 fully saturated rings. The van der Waals surface area contributed by atoms with E-state index in [0.29, 0.717) is 35.1 Å². The molecule has 0 aliphatic carbocycles. The summed E-state index contributed by atoms with van der Waals surface area (Å²) in [5, 5.41) is 7.59. The number of amides is 1. The summed E-state index contributed by atoms with van der Waals surface area (Å²) < 4.78 is 0. The molecule has 0 spiro atoms. The van der Waals surface area contributed by atoms with Gasteiger partial charge in [0.2, 0.25) is 0 Å². The summed E-state index contributed by atoms with van der Waals surface area (Å²) in [5.41, 5.74) is 10.4. The Morgan fingerprint density at radius 1 is 1.17 bits per heavy atom. The number of pyridine rings is 1. The Morgan fingerprint density at radius 2 is 1.90 bits per heavy atom. The van der Waals surface area contributed by atoms with Crippen molar-refractivity contribution in [2.45, 2.75) is 57.0 Å². The summed E-state index contributed by atoms with van der Waals surface area (Å²) in [6.07, 6.45) is 6.00. The molecule has 156 valence electrons. The molecule has 2 bridgehead atoms. The quantitative estimate of drug-likeness (QED) is 0.579. The molecular weight excluding hydrogens is 392 g/mol. The van der Waals surface area contributed by atoms with Gasteiger partial charge in [0.1, 0.15) is 9.71 Å². The topological polar surface area (TPSA) is 80.0 Å². The van der Waals surface area contributed by atoms with E-state index in [1.165, 1.54) is 48.1 Å². The summed E-state index contributed by atoms with van der Waals surface area (Å²) in [6.45, 7) is 2.53. The van der Waals surface area contributed by atoms with Gasteiger partial charge >= 0.3 is 0 Å². The third-order valence-electron chi connectivity index (χ3n) is 6.56. The number of benzene rings is 1. The number of nitrogens with two attached hydrogens (primary N) is 1. The van der Waals surface area contributed by atoms with Gasteiger partial charge in [-0.05, 0) is 68.2 Å². The number of fused-ring (bicyclic) bond motifs is 3. The minimum absolute atomic E-state index is 0.116. The number of carbonyl (C=O) groups excluding carboxylic acids is 1. The van der Waals surface area contributed by atoms with Crippen LogP contribution in [0, 0.1) is 6.92 Å². The predicted octanol–water partition coefficient (Wildman–Crippen LogP) is 4.16. The molecule has 30 heavy (non-hydrogen) atoms. The highest BCUT2D eigenvalue weighted by molar-refractivity contribution is 7.21. The maximum atomic E-state index is 12.6. The Morgan fingerprint density at radius 3 is 2.63 bits per heavy atom. The van der Waals surface area contributed by atoms with Gasteiger partial charge in [0.15, 0.2) is 0 Å². The van der Waals surface area contributed by atoms with Crippen molar-refractivity contribution in [3.8, 4) is 0 Å². The Hall–Kier alpha value is -2.44. The first-order valence-corrected chi connectivity index (χ1v) is 11.7. The number of hydrogen-bond acceptors (Lipinski definition) is 5. The maximum Gasteiger partial charge on any atom is 0.263 e. The number of hydrogen-bond donors (Lipinski definition) is 3. The standard InChI is InChI=1S/C24H28N4OS/c1-14-2-9-20-21(25)22(30-24(20)27-14)23(29)26-11-10-15-3-5-16(6-4-15)17-12-18-7-8-19(13-17)28-18/h2-6,9,17-19,28H,7-8,10-13,25H2,1H3,(H,26,29)/t17?,18-,19+. The van der Waals surface area contributed by atoms with Crippen LogP contribution in [0.25, 0.3) is 10.2 Å². The number of thiophene rings is 1. The third-order valence-corrected chi connectivity index (χ3v) is 7.68. The molecule has 0 radical (unpaired) electrons. The number of aromatic nitrogens is 1. The summed E-state index contributed by atoms with van der Waals surface area (Å²) in [7, 11) is 0. The van der Waals surface area contributed by atoms with E-state index in [-0.39, 0.29) is 5.91 Å². The number of nitrogen functional groups attached to an aromatic ring is 1. The lowest BCUT2D eigenvalue weighted by molar-refractivity contribution is 0.0959. The lowest BCUT2D eigenvalue weighted by Gasteiger charge is -2.29. The molecule has 4 heterocycles. The Labute approximate surface area is 181 Å². The van der Waals surface area contributed by atoms with Gasteiger partial charge < -0.3 is 16.4 Å². The highest BCUT2D eigenvalue weighted by Gasteiger charge is 2.33. The van der Waals surface area contributed by atoms with Crippen LogP contribution in [0.5, 0.6) is 0 Å². The van der Waals surface area contributed by atoms with E-state index in [2.05, 4.69) is 39.9 Å². The molecule has 3 atom stereocenters. The van der Waals surface area contributed by atoms with Gasteiger partial charge in [-0.15, -0.1) is 11.3 Å². The van der Waals surface area contributed by atoms with Crippen molar-refractivity contribution < 1.29 is 4.79 Å². The van der Waals surface area contributed by atoms with Crippen molar-refractivity contribution in [3.05, 3.63) is 58.1 Å². The minimum Gasteiger partial charge on any atom is -0.397 e. The third kappa shape index (κ3) is 3.82. The number of nitrogens with one attached hydrogen (secondary N) is 2. The highest BCUT2D eigenvalue weighted by atomic mass is 32.1. The van der Waals surface area contributed by atoms with Gasteiger partial charge in [-0.3, -0.25) is 4.79 Å². The SMILES string of the molecule is Cc1ccc2c(N)c(C(=O)NCCc3ccc(C4C[C@H]5CC[C@@H](C4)N5)cc3)sc2n1. The normalized spacial score (nSPS) is 23.0. The number of rotatable bonds is 5. The zero-order chi connectivity index (χ0) is 20.7. The second kappa shape index (κ2) is 8.00. The van der Waals surface area contributed by atoms with Crippen molar-refractivity contribution in [2.24, 2.45) is 0 Å². The molecule has 4 N–H and O–H groups in total. The second-order valence-electron chi connectivity index (χ2n) is 8.70. The van der Waals surface area contributed by atoms with Crippen molar-refractivity contribution in [1.82, 2.24) is 15.6 Å². The van der Waals surface area contributed by atoms with Crippen molar-refractivity contribution >= 4 is 33.1 Å². The molecule has 2 aromatic heterocycles. The van der Waals surface area contributed by atoms with E-state index >= 15 is 0 Å². The van der Waals surface area contributed by atoms with E-state index in [0.717, 1.165) is 22.3 Å². The second-order valence-corrected chi connectivity index (χ2v) is 9.70. The molecule has 1 amide bonds. The lowest BCUT2D eigenvalue weighted by atomic mass is 9.86. The van der Waals surface area contributed by atoms with E-state index in [9.17, 15) is 4.79 Å². The molecule has 1 unspecified atom stereocenters. The van der Waals surface area contributed by atoms with E-state index in [1.54, 1.807) is 0 Å². The molecule has 0 saturated carbocycles. The van der Waals surface area contributed by atoms with Crippen LogP contribution >= 0.6 is 11.3 Å². The zero-order valence-corrected chi connectivity index (χ0v) is 18.1. The van der Waals surface area contributed by atoms with Crippen LogP contribution in [-0.2, 0) is 6.42 Å². The summed E-state index contributed by atoms with van der Waals surface area (Å²) >= 11 is 1.36. The molecule has 1 aromatic carbocycles. The highest BCUT2D eigenvalue weighted by Crippen LogP contribution is 2.37. The molecule has 2 aliphatic heterocycles. The fraction of sp³-hybridized carbons (Fsp3) is 0.417. The monoisotopic (exact) mass is 420 g/mol. The predicted molar refractivity (Wildman–Crippen MR) is 123 cm³/mol. The Kier molecular flexibility index (Phi) is 5.21. The average Bonchev–Trinajstić information content (AvgIpc) is 3.26. The smallest absolute Gasteiger partial charge is 0.263 e. The molecule has 3 aromatic rings. The van der Waals surface area contributed by atoms with Gasteiger partial charge in [0, 0.05) is 29.7 Å². The molecule has 2 saturated heterocycles. The van der Waals surface area contributed by atoms with Crippen molar-refractivity contribution in [1.29, 1.82) is 0 Å². The molecule has 2 aliphatic rings. The van der Waals surface area contributed by atoms with Gasteiger partial charge in [-0.25, -0.2) is 4.98 Å². The average molecular weight is 421 g/mol. The first kappa shape index (κ1) is 19.5. The van der Waals surface area contributed by atoms with Crippen LogP contribution < -0.4 is 16.4 Å². The maximum absolute atomic E-state index is 12.6. The first-order chi connectivity index (χ1) is 14.6. The number of piperidine rings is 1. The Balaban J connectivity index is 1.18. The molecular formula is C24H28N4OS. The Bertz CT molecular complexity index is 1060. The molecule has 5 nitrogen and oxygen atoms in total. The van der Waals surface area contributed by atoms with Crippen molar-refractivity contribution in [3.63, 3.8) is 0 Å². The number of carbonyl (C=O) groups is 1. The number of nitrogens with zero attached hydrogens (tertiary/aromatic N) is 1. The van der Waals surface area contributed by atoms with Crippen LogP contribution in [0.2, 0.25) is 0 Å². The number of anilines is 1. The number of aryl methyl sites for hydroxylation is 1. The summed E-state index contributed by atoms with van der Waals surface area (Å²) in [4.78, 5) is 18.5. The molecule has 5 rings (SSSR count). The minimum atomic E-state index is -0.116. The van der Waals surface area contributed by atoms with E-state index in [1.807, 2.05) is 19.1 Å². The van der Waals surface area contributed by atoms with Gasteiger partial charge in [0.05, 0.1) is 5.69 Å². The first-order valence-electron chi connectivity index (χ1n) is 10.9. The van der Waals surface area contributed by atoms with Crippen LogP contribution in [0.4, 0.5) is 5.69 Å². The summed E-state index contributed by atoms with van der Waals surface area (Å²) in [6, 6.07) is 14.3. The van der Waals surface area contributed by atoms with Crippen LogP contribution in [0.1, 0.15) is 58.1 Å². The zero-order valence-electron chi connectivity index (χ0n) is 17.3. The lowest BCUT2D eigenvalue weighted by Crippen LogP contribution is -2.37. The largest absolute Gasteiger partial charge is 0.397 e. The van der Waals surface area contributed by atoms with Crippen molar-refractivity contribution in [2.75, 3.05) is 12.3 Å². The van der Waals surface area contributed by atoms with Gasteiger partial charge in [0.25, 0.3) is 5.91 Å². The van der Waals surface area contributed by atoms with E-state index < -0.39 is 0 Å². The van der Waals surface area contributed by atoms with E-state index in [4.69, 9.17) is 5.73 Å². The fourth-order valence-corrected chi connectivity index (χ4v) is 6.00. The summed E-state index contributed by atoms with van der Waals surface area (Å²) in [5.74, 6) is 0.570. The van der Waals surface area contributed by atoms with Gasteiger partial charge in [-0.1, -0.05) is 24.3 Å². The van der Waals surface area contributed by atoms with Gasteiger partial charge in [-0.2, -0.15) is 0 Å². The van der Waals surface area contributed by atoms with Crippen LogP contribution in [0.15, 0.2) is 36.4 Å². The van der Waals surface area contributed by atoms with Crippen LogP contribution in [-0.4, -0.2) is 29.5 Å². The molecule has 6 heteroatoms. The fourth-order valence-electron chi connectivity index (χ4n) is 4.94.